The maximum Gasteiger partial charge on any atom is 0.139 e. The van der Waals surface area contributed by atoms with E-state index in [0.29, 0.717) is 6.42 Å². The predicted molar refractivity (Wildman–Crippen MR) is 101 cm³/mol. The number of rotatable bonds is 2. The lowest BCUT2D eigenvalue weighted by atomic mass is 9.88. The Morgan fingerprint density at radius 1 is 0.800 bits per heavy atom. The van der Waals surface area contributed by atoms with Crippen molar-refractivity contribution in [2.45, 2.75) is 37.7 Å². The molecular formula is C23H26NO+. The third kappa shape index (κ3) is 3.11. The lowest BCUT2D eigenvalue weighted by Gasteiger charge is -2.23. The number of quaternary nitrogens is 1. The zero-order valence-corrected chi connectivity index (χ0v) is 14.7. The zero-order valence-electron chi connectivity index (χ0n) is 14.7. The molecule has 0 radical (unpaired) electrons. The maximum atomic E-state index is 11.5. The van der Waals surface area contributed by atoms with Crippen LogP contribution in [0, 0.1) is 11.8 Å². The van der Waals surface area contributed by atoms with Crippen LogP contribution in [0.3, 0.4) is 0 Å². The van der Waals surface area contributed by atoms with Gasteiger partial charge in [0, 0.05) is 6.42 Å². The number of benzene rings is 2. The lowest BCUT2D eigenvalue weighted by molar-refractivity contribution is -0.891. The van der Waals surface area contributed by atoms with E-state index in [-0.39, 0.29) is 0 Å². The summed E-state index contributed by atoms with van der Waals surface area (Å²) in [6, 6.07) is 16.4. The summed E-state index contributed by atoms with van der Waals surface area (Å²) in [6.07, 6.45) is 5.84. The second kappa shape index (κ2) is 7.04. The van der Waals surface area contributed by atoms with Crippen LogP contribution in [0.15, 0.2) is 48.5 Å². The van der Waals surface area contributed by atoms with Gasteiger partial charge in [-0.1, -0.05) is 54.5 Å². The normalized spacial score (nSPS) is 18.6. The number of hydrogen-bond donors (Lipinski definition) is 2. The van der Waals surface area contributed by atoms with Gasteiger partial charge in [0.05, 0.1) is 13.1 Å². The summed E-state index contributed by atoms with van der Waals surface area (Å²) >= 11 is 0. The molecule has 2 N–H and O–H groups in total. The van der Waals surface area contributed by atoms with Crippen LogP contribution in [0.25, 0.3) is 11.1 Å². The summed E-state index contributed by atoms with van der Waals surface area (Å²) in [5, 5.41) is 11.5. The first-order valence-corrected chi connectivity index (χ1v) is 9.50. The van der Waals surface area contributed by atoms with Gasteiger partial charge in [-0.15, -0.1) is 0 Å². The molecule has 2 heteroatoms. The Balaban J connectivity index is 1.55. The van der Waals surface area contributed by atoms with Crippen LogP contribution in [0.4, 0.5) is 0 Å². The van der Waals surface area contributed by atoms with Crippen LogP contribution >= 0.6 is 0 Å². The summed E-state index contributed by atoms with van der Waals surface area (Å²) in [7, 11) is 0. The summed E-state index contributed by atoms with van der Waals surface area (Å²) in [5.74, 6) is 6.65. The zero-order chi connectivity index (χ0) is 17.1. The van der Waals surface area contributed by atoms with Crippen molar-refractivity contribution in [3.63, 3.8) is 0 Å². The van der Waals surface area contributed by atoms with Crippen LogP contribution < -0.4 is 4.90 Å². The van der Waals surface area contributed by atoms with Crippen molar-refractivity contribution < 1.29 is 10.0 Å². The summed E-state index contributed by atoms with van der Waals surface area (Å²) in [5.41, 5.74) is 3.29. The molecule has 0 amide bonds. The van der Waals surface area contributed by atoms with Crippen molar-refractivity contribution in [2.24, 2.45) is 0 Å². The van der Waals surface area contributed by atoms with E-state index in [2.05, 4.69) is 24.0 Å². The fourth-order valence-electron chi connectivity index (χ4n) is 4.28. The second-order valence-corrected chi connectivity index (χ2v) is 7.32. The van der Waals surface area contributed by atoms with Crippen molar-refractivity contribution >= 4 is 0 Å². The van der Waals surface area contributed by atoms with Crippen LogP contribution in [0.5, 0.6) is 0 Å². The molecule has 4 rings (SSSR count). The summed E-state index contributed by atoms with van der Waals surface area (Å²) < 4.78 is 0. The van der Waals surface area contributed by atoms with E-state index in [0.717, 1.165) is 28.8 Å². The van der Waals surface area contributed by atoms with Crippen LogP contribution in [-0.4, -0.2) is 24.7 Å². The van der Waals surface area contributed by atoms with E-state index < -0.39 is 5.60 Å². The van der Waals surface area contributed by atoms with Crippen LogP contribution in [0.1, 0.15) is 43.2 Å². The first-order chi connectivity index (χ1) is 12.3. The molecule has 1 aliphatic carbocycles. The van der Waals surface area contributed by atoms with Gasteiger partial charge in [0.25, 0.3) is 0 Å². The van der Waals surface area contributed by atoms with Gasteiger partial charge in [-0.2, -0.15) is 0 Å². The van der Waals surface area contributed by atoms with E-state index in [4.69, 9.17) is 0 Å². The van der Waals surface area contributed by atoms with E-state index in [1.165, 1.54) is 38.8 Å². The molecule has 128 valence electrons. The van der Waals surface area contributed by atoms with Crippen molar-refractivity contribution in [1.82, 2.24) is 0 Å². The Hall–Kier alpha value is -2.08. The van der Waals surface area contributed by atoms with Crippen LogP contribution in [-0.2, 0) is 5.60 Å². The smallest absolute Gasteiger partial charge is 0.139 e. The third-order valence-corrected chi connectivity index (χ3v) is 5.65. The highest BCUT2D eigenvalue weighted by molar-refractivity contribution is 5.80. The third-order valence-electron chi connectivity index (χ3n) is 5.65. The lowest BCUT2D eigenvalue weighted by Crippen LogP contribution is -3.11. The molecule has 0 saturated carbocycles. The van der Waals surface area contributed by atoms with Gasteiger partial charge < -0.3 is 10.0 Å². The Kier molecular flexibility index (Phi) is 4.61. The molecule has 2 aromatic rings. The van der Waals surface area contributed by atoms with E-state index in [9.17, 15) is 5.11 Å². The number of fused-ring (bicyclic) bond motifs is 3. The number of nitrogens with one attached hydrogen (secondary N) is 1. The van der Waals surface area contributed by atoms with E-state index in [1.807, 2.05) is 36.4 Å². The van der Waals surface area contributed by atoms with Gasteiger partial charge in [-0.25, -0.2) is 0 Å². The molecule has 0 atom stereocenters. The van der Waals surface area contributed by atoms with Crippen LogP contribution in [0.2, 0.25) is 0 Å². The molecule has 0 bridgehead atoms. The first-order valence-electron chi connectivity index (χ1n) is 9.50. The molecular weight excluding hydrogens is 306 g/mol. The minimum Gasteiger partial charge on any atom is -0.379 e. The Morgan fingerprint density at radius 3 is 1.96 bits per heavy atom. The fourth-order valence-corrected chi connectivity index (χ4v) is 4.28. The number of likely N-dealkylation sites (tertiary alicyclic amines) is 1. The molecule has 2 aliphatic rings. The van der Waals surface area contributed by atoms with Crippen molar-refractivity contribution in [1.29, 1.82) is 0 Å². The van der Waals surface area contributed by atoms with Crippen molar-refractivity contribution in [2.75, 3.05) is 19.6 Å². The molecule has 2 nitrogen and oxygen atoms in total. The molecule has 0 spiro atoms. The predicted octanol–water partition coefficient (Wildman–Crippen LogP) is 2.76. The first kappa shape index (κ1) is 16.4. The van der Waals surface area contributed by atoms with Gasteiger partial charge in [0.1, 0.15) is 12.1 Å². The highest BCUT2D eigenvalue weighted by Crippen LogP contribution is 2.48. The minimum atomic E-state index is -0.978. The monoisotopic (exact) mass is 332 g/mol. The number of hydrogen-bond acceptors (Lipinski definition) is 1. The quantitative estimate of drug-likeness (QED) is 0.812. The van der Waals surface area contributed by atoms with E-state index in [1.54, 1.807) is 4.90 Å². The van der Waals surface area contributed by atoms with Gasteiger partial charge in [0.2, 0.25) is 0 Å². The minimum absolute atomic E-state index is 0.467. The Labute approximate surface area is 150 Å². The molecule has 0 unspecified atom stereocenters. The molecule has 25 heavy (non-hydrogen) atoms. The fraction of sp³-hybridized carbons (Fsp3) is 0.391. The molecule has 1 heterocycles. The average molecular weight is 332 g/mol. The standard InChI is InChI=1S/C23H25NO/c25-23(15-7-10-18-24-16-8-1-2-9-17-24)21-13-5-3-11-19(21)20-12-4-6-14-22(20)23/h3-6,11-14,25H,1-2,8-9,15-18H2/p+1. The largest absolute Gasteiger partial charge is 0.379 e. The topological polar surface area (TPSA) is 24.7 Å². The van der Waals surface area contributed by atoms with Gasteiger partial charge in [-0.05, 0) is 53.9 Å². The summed E-state index contributed by atoms with van der Waals surface area (Å²) in [6.45, 7) is 3.38. The summed E-state index contributed by atoms with van der Waals surface area (Å²) in [4.78, 5) is 1.60. The highest BCUT2D eigenvalue weighted by atomic mass is 16.3. The van der Waals surface area contributed by atoms with Crippen molar-refractivity contribution in [3.8, 4) is 23.0 Å². The molecule has 1 fully saturated rings. The SMILES string of the molecule is OC1(CC#CC[NH+]2CCCCCC2)c2ccccc2-c2ccccc21. The maximum absolute atomic E-state index is 11.5. The number of aliphatic hydroxyl groups is 1. The molecule has 2 aromatic carbocycles. The van der Waals surface area contributed by atoms with Gasteiger partial charge in [-0.3, -0.25) is 0 Å². The molecule has 0 aromatic heterocycles. The van der Waals surface area contributed by atoms with E-state index >= 15 is 0 Å². The molecule has 1 saturated heterocycles. The Bertz CT molecular complexity index is 761. The van der Waals surface area contributed by atoms with Gasteiger partial charge >= 0.3 is 0 Å². The Morgan fingerprint density at radius 2 is 1.36 bits per heavy atom. The highest BCUT2D eigenvalue weighted by Gasteiger charge is 2.40. The molecule has 1 aliphatic heterocycles. The van der Waals surface area contributed by atoms with Gasteiger partial charge in [0.15, 0.2) is 0 Å². The second-order valence-electron chi connectivity index (χ2n) is 7.32. The van der Waals surface area contributed by atoms with Crippen molar-refractivity contribution in [3.05, 3.63) is 59.7 Å². The average Bonchev–Trinajstić information content (AvgIpc) is 2.82.